The van der Waals surface area contributed by atoms with Crippen LogP contribution in [0.2, 0.25) is 0 Å². The van der Waals surface area contributed by atoms with Crippen molar-refractivity contribution >= 4 is 5.97 Å². The predicted octanol–water partition coefficient (Wildman–Crippen LogP) is 3.08. The molecule has 0 saturated carbocycles. The standard InChI is InChI=1S/C9H15F3O2/c1-3-6(4-2)7(5-8(13)14)9(10,11)12/h6-7H,3-5H2,1-2H3,(H,13,14). The quantitative estimate of drug-likeness (QED) is 0.760. The molecule has 0 bridgehead atoms. The highest BCUT2D eigenvalue weighted by molar-refractivity contribution is 5.67. The van der Waals surface area contributed by atoms with E-state index in [4.69, 9.17) is 5.11 Å². The second kappa shape index (κ2) is 5.22. The largest absolute Gasteiger partial charge is 0.481 e. The lowest BCUT2D eigenvalue weighted by atomic mass is 9.85. The minimum absolute atomic E-state index is 0.355. The predicted molar refractivity (Wildman–Crippen MR) is 45.9 cm³/mol. The van der Waals surface area contributed by atoms with Gasteiger partial charge >= 0.3 is 12.1 Å². The molecular weight excluding hydrogens is 197 g/mol. The third-order valence-corrected chi connectivity index (χ3v) is 2.43. The van der Waals surface area contributed by atoms with Crippen LogP contribution < -0.4 is 0 Å². The molecule has 14 heavy (non-hydrogen) atoms. The van der Waals surface area contributed by atoms with Crippen LogP contribution in [0, 0.1) is 11.8 Å². The van der Waals surface area contributed by atoms with E-state index in [1.165, 1.54) is 0 Å². The molecule has 0 amide bonds. The number of halogens is 3. The molecule has 0 spiro atoms. The van der Waals surface area contributed by atoms with Crippen LogP contribution in [0.25, 0.3) is 0 Å². The Bertz CT molecular complexity index is 185. The van der Waals surface area contributed by atoms with Crippen LogP contribution in [0.15, 0.2) is 0 Å². The van der Waals surface area contributed by atoms with Gasteiger partial charge < -0.3 is 5.11 Å². The maximum absolute atomic E-state index is 12.4. The van der Waals surface area contributed by atoms with Crippen molar-refractivity contribution < 1.29 is 23.1 Å². The molecule has 0 heterocycles. The number of rotatable bonds is 5. The van der Waals surface area contributed by atoms with Crippen molar-refractivity contribution in [2.75, 3.05) is 0 Å². The van der Waals surface area contributed by atoms with E-state index >= 15 is 0 Å². The summed E-state index contributed by atoms with van der Waals surface area (Å²) in [6.45, 7) is 3.30. The molecule has 0 rings (SSSR count). The molecule has 0 aromatic carbocycles. The summed E-state index contributed by atoms with van der Waals surface area (Å²) in [4.78, 5) is 10.3. The number of alkyl halides is 3. The van der Waals surface area contributed by atoms with E-state index in [-0.39, 0.29) is 0 Å². The number of hydrogen-bond donors (Lipinski definition) is 1. The van der Waals surface area contributed by atoms with Crippen molar-refractivity contribution in [3.05, 3.63) is 0 Å². The van der Waals surface area contributed by atoms with Gasteiger partial charge in [-0.2, -0.15) is 13.2 Å². The van der Waals surface area contributed by atoms with Crippen molar-refractivity contribution in [1.82, 2.24) is 0 Å². The zero-order valence-corrected chi connectivity index (χ0v) is 8.27. The third kappa shape index (κ3) is 3.98. The summed E-state index contributed by atoms with van der Waals surface area (Å²) in [7, 11) is 0. The fourth-order valence-electron chi connectivity index (χ4n) is 1.60. The number of carbonyl (C=O) groups is 1. The van der Waals surface area contributed by atoms with Gasteiger partial charge in [-0.05, 0) is 5.92 Å². The molecule has 0 aliphatic heterocycles. The van der Waals surface area contributed by atoms with Crippen molar-refractivity contribution in [3.8, 4) is 0 Å². The molecule has 0 aromatic heterocycles. The molecule has 0 fully saturated rings. The van der Waals surface area contributed by atoms with Crippen molar-refractivity contribution in [2.45, 2.75) is 39.3 Å². The molecule has 0 aliphatic carbocycles. The molecule has 5 heteroatoms. The Morgan fingerprint density at radius 1 is 1.29 bits per heavy atom. The average molecular weight is 212 g/mol. The Morgan fingerprint density at radius 2 is 1.71 bits per heavy atom. The first-order chi connectivity index (χ1) is 6.32. The minimum Gasteiger partial charge on any atom is -0.481 e. The van der Waals surface area contributed by atoms with Crippen molar-refractivity contribution in [1.29, 1.82) is 0 Å². The first-order valence-corrected chi connectivity index (χ1v) is 4.61. The monoisotopic (exact) mass is 212 g/mol. The van der Waals surface area contributed by atoms with Gasteiger partial charge in [-0.25, -0.2) is 0 Å². The molecule has 0 aromatic rings. The summed E-state index contributed by atoms with van der Waals surface area (Å²) in [6.07, 6.45) is -4.52. The summed E-state index contributed by atoms with van der Waals surface area (Å²) < 4.78 is 37.3. The fourth-order valence-corrected chi connectivity index (χ4v) is 1.60. The molecule has 84 valence electrons. The number of aliphatic carboxylic acids is 1. The van der Waals surface area contributed by atoms with Crippen LogP contribution in [0.3, 0.4) is 0 Å². The highest BCUT2D eigenvalue weighted by Gasteiger charge is 2.44. The summed E-state index contributed by atoms with van der Waals surface area (Å²) in [5, 5.41) is 8.39. The van der Waals surface area contributed by atoms with Gasteiger partial charge in [0.25, 0.3) is 0 Å². The SMILES string of the molecule is CCC(CC)C(CC(=O)O)C(F)(F)F. The second-order valence-corrected chi connectivity index (χ2v) is 3.32. The molecule has 0 radical (unpaired) electrons. The van der Waals surface area contributed by atoms with E-state index in [1.54, 1.807) is 13.8 Å². The van der Waals surface area contributed by atoms with Gasteiger partial charge in [-0.3, -0.25) is 4.79 Å². The second-order valence-electron chi connectivity index (χ2n) is 3.32. The Balaban J connectivity index is 4.61. The van der Waals surface area contributed by atoms with Gasteiger partial charge in [0, 0.05) is 0 Å². The van der Waals surface area contributed by atoms with E-state index < -0.39 is 30.4 Å². The molecular formula is C9H15F3O2. The van der Waals surface area contributed by atoms with Crippen molar-refractivity contribution in [2.24, 2.45) is 11.8 Å². The van der Waals surface area contributed by atoms with Crippen LogP contribution in [0.4, 0.5) is 13.2 Å². The number of carboxylic acid groups (broad SMARTS) is 1. The lowest BCUT2D eigenvalue weighted by Crippen LogP contribution is -2.32. The zero-order valence-electron chi connectivity index (χ0n) is 8.27. The Kier molecular flexibility index (Phi) is 4.94. The summed E-state index contributed by atoms with van der Waals surface area (Å²) in [5.41, 5.74) is 0. The van der Waals surface area contributed by atoms with Crippen LogP contribution in [0.5, 0.6) is 0 Å². The van der Waals surface area contributed by atoms with Gasteiger partial charge in [-0.1, -0.05) is 26.7 Å². The van der Waals surface area contributed by atoms with Crippen molar-refractivity contribution in [3.63, 3.8) is 0 Å². The van der Waals surface area contributed by atoms with Gasteiger partial charge in [0.1, 0.15) is 0 Å². The van der Waals surface area contributed by atoms with Gasteiger partial charge in [-0.15, -0.1) is 0 Å². The Labute approximate surface area is 81.1 Å². The smallest absolute Gasteiger partial charge is 0.392 e. The minimum atomic E-state index is -4.41. The zero-order chi connectivity index (χ0) is 11.4. The first-order valence-electron chi connectivity index (χ1n) is 4.61. The summed E-state index contributed by atoms with van der Waals surface area (Å²) in [6, 6.07) is 0. The van der Waals surface area contributed by atoms with E-state index in [2.05, 4.69) is 0 Å². The maximum atomic E-state index is 12.4. The normalized spacial score (nSPS) is 14.4. The average Bonchev–Trinajstić information content (AvgIpc) is 2.02. The lowest BCUT2D eigenvalue weighted by molar-refractivity contribution is -0.196. The van der Waals surface area contributed by atoms with Gasteiger partial charge in [0.05, 0.1) is 12.3 Å². The first kappa shape index (κ1) is 13.3. The number of carboxylic acids is 1. The molecule has 1 atom stereocenters. The van der Waals surface area contributed by atoms with E-state index in [1.807, 2.05) is 0 Å². The molecule has 1 unspecified atom stereocenters. The third-order valence-electron chi connectivity index (χ3n) is 2.43. The topological polar surface area (TPSA) is 37.3 Å². The lowest BCUT2D eigenvalue weighted by Gasteiger charge is -2.26. The van der Waals surface area contributed by atoms with E-state index in [0.717, 1.165) is 0 Å². The Hall–Kier alpha value is -0.740. The molecule has 0 saturated heterocycles. The maximum Gasteiger partial charge on any atom is 0.392 e. The van der Waals surface area contributed by atoms with Crippen LogP contribution in [-0.4, -0.2) is 17.3 Å². The molecule has 1 N–H and O–H groups in total. The van der Waals surface area contributed by atoms with Gasteiger partial charge in [0.2, 0.25) is 0 Å². The fraction of sp³-hybridized carbons (Fsp3) is 0.889. The van der Waals surface area contributed by atoms with Gasteiger partial charge in [0.15, 0.2) is 0 Å². The van der Waals surface area contributed by atoms with E-state index in [0.29, 0.717) is 12.8 Å². The highest BCUT2D eigenvalue weighted by atomic mass is 19.4. The summed E-state index contributed by atoms with van der Waals surface area (Å²) in [5.74, 6) is -3.69. The van der Waals surface area contributed by atoms with Crippen LogP contribution in [0.1, 0.15) is 33.1 Å². The molecule has 0 aliphatic rings. The Morgan fingerprint density at radius 3 is 1.93 bits per heavy atom. The van der Waals surface area contributed by atoms with E-state index in [9.17, 15) is 18.0 Å². The van der Waals surface area contributed by atoms with Crippen LogP contribution >= 0.6 is 0 Å². The number of hydrogen-bond acceptors (Lipinski definition) is 1. The molecule has 2 nitrogen and oxygen atoms in total. The van der Waals surface area contributed by atoms with Crippen LogP contribution in [-0.2, 0) is 4.79 Å². The summed E-state index contributed by atoms with van der Waals surface area (Å²) >= 11 is 0. The highest BCUT2D eigenvalue weighted by Crippen LogP contribution is 2.37.